The van der Waals surface area contributed by atoms with Gasteiger partial charge in [-0.1, -0.05) is 23.8 Å². The van der Waals surface area contributed by atoms with E-state index in [9.17, 15) is 0 Å². The van der Waals surface area contributed by atoms with E-state index in [1.165, 1.54) is 22.7 Å². The minimum atomic E-state index is 0.519. The number of allylic oxidation sites excluding steroid dienone is 7. The van der Waals surface area contributed by atoms with Crippen molar-refractivity contribution in [3.63, 3.8) is 0 Å². The summed E-state index contributed by atoms with van der Waals surface area (Å²) in [6.45, 7) is 2.14. The molecule has 0 bridgehead atoms. The van der Waals surface area contributed by atoms with Gasteiger partial charge in [0.1, 0.15) is 11.5 Å². The van der Waals surface area contributed by atoms with Gasteiger partial charge in [0.25, 0.3) is 0 Å². The highest BCUT2D eigenvalue weighted by atomic mass is 16.5. The molecule has 0 aromatic carbocycles. The fraction of sp³-hybridized carbons (Fsp3) is 0.385. The van der Waals surface area contributed by atoms with Crippen LogP contribution in [0, 0.1) is 5.92 Å². The summed E-state index contributed by atoms with van der Waals surface area (Å²) in [4.78, 5) is 0. The molecule has 1 aliphatic heterocycles. The number of hydrogen-bond donors (Lipinski definition) is 0. The van der Waals surface area contributed by atoms with Crippen molar-refractivity contribution in [2.75, 3.05) is 0 Å². The maximum atomic E-state index is 5.89. The molecule has 0 spiro atoms. The molecule has 0 aromatic heterocycles. The van der Waals surface area contributed by atoms with Crippen LogP contribution in [0.1, 0.15) is 26.2 Å². The lowest BCUT2D eigenvalue weighted by Gasteiger charge is -2.15. The van der Waals surface area contributed by atoms with Crippen molar-refractivity contribution in [3.05, 3.63) is 47.0 Å². The van der Waals surface area contributed by atoms with Gasteiger partial charge in [-0.3, -0.25) is 0 Å². The summed E-state index contributed by atoms with van der Waals surface area (Å²) < 4.78 is 5.89. The third-order valence-corrected chi connectivity index (χ3v) is 3.16. The second kappa shape index (κ2) is 2.88. The van der Waals surface area contributed by atoms with Crippen LogP contribution in [0.2, 0.25) is 0 Å². The Kier molecular flexibility index (Phi) is 1.66. The zero-order valence-electron chi connectivity index (χ0n) is 8.42. The van der Waals surface area contributed by atoms with E-state index in [1.807, 2.05) is 0 Å². The maximum absolute atomic E-state index is 5.89. The number of ether oxygens (including phenoxy) is 1. The number of fused-ring (bicyclic) bond motifs is 2. The molecule has 0 radical (unpaired) electrons. The first-order chi connectivity index (χ1) is 6.84. The number of hydrogen-bond acceptors (Lipinski definition) is 1. The van der Waals surface area contributed by atoms with Crippen LogP contribution in [0.4, 0.5) is 0 Å². The third kappa shape index (κ3) is 1.08. The Morgan fingerprint density at radius 2 is 2.36 bits per heavy atom. The van der Waals surface area contributed by atoms with Crippen molar-refractivity contribution < 1.29 is 4.74 Å². The molecule has 0 aromatic rings. The molecule has 1 unspecified atom stereocenters. The van der Waals surface area contributed by atoms with E-state index < -0.39 is 0 Å². The summed E-state index contributed by atoms with van der Waals surface area (Å²) in [5, 5.41) is 0. The normalized spacial score (nSPS) is 29.1. The van der Waals surface area contributed by atoms with Gasteiger partial charge >= 0.3 is 0 Å². The Balaban J connectivity index is 1.99. The van der Waals surface area contributed by atoms with Crippen molar-refractivity contribution in [3.8, 4) is 0 Å². The average Bonchev–Trinajstić information content (AvgIpc) is 2.54. The van der Waals surface area contributed by atoms with Gasteiger partial charge in [-0.2, -0.15) is 0 Å². The fourth-order valence-corrected chi connectivity index (χ4v) is 2.41. The van der Waals surface area contributed by atoms with Crippen LogP contribution in [0.25, 0.3) is 0 Å². The lowest BCUT2D eigenvalue weighted by atomic mass is 9.87. The van der Waals surface area contributed by atoms with Gasteiger partial charge < -0.3 is 4.74 Å². The van der Waals surface area contributed by atoms with Crippen LogP contribution in [-0.2, 0) is 4.74 Å². The second-order valence-electron chi connectivity index (χ2n) is 4.20. The van der Waals surface area contributed by atoms with Crippen LogP contribution in [-0.4, -0.2) is 0 Å². The predicted molar refractivity (Wildman–Crippen MR) is 56.4 cm³/mol. The Hall–Kier alpha value is -1.24. The van der Waals surface area contributed by atoms with Gasteiger partial charge in [-0.05, 0) is 25.8 Å². The van der Waals surface area contributed by atoms with Crippen LogP contribution in [0.15, 0.2) is 47.0 Å². The van der Waals surface area contributed by atoms with Crippen LogP contribution in [0.3, 0.4) is 0 Å². The Bertz CT molecular complexity index is 393. The first kappa shape index (κ1) is 8.10. The summed E-state index contributed by atoms with van der Waals surface area (Å²) in [5.74, 6) is 2.90. The second-order valence-corrected chi connectivity index (χ2v) is 4.20. The minimum absolute atomic E-state index is 0.519. The molecule has 1 atom stereocenters. The summed E-state index contributed by atoms with van der Waals surface area (Å²) in [6.07, 6.45) is 12.3. The molecule has 2 aliphatic carbocycles. The van der Waals surface area contributed by atoms with Gasteiger partial charge in [0.05, 0.1) is 0 Å². The van der Waals surface area contributed by atoms with Crippen molar-refractivity contribution in [1.82, 2.24) is 0 Å². The van der Waals surface area contributed by atoms with Crippen molar-refractivity contribution >= 4 is 0 Å². The van der Waals surface area contributed by atoms with Gasteiger partial charge in [0.2, 0.25) is 0 Å². The number of rotatable bonds is 0. The molecular weight excluding hydrogens is 172 g/mol. The van der Waals surface area contributed by atoms with Crippen molar-refractivity contribution in [2.24, 2.45) is 5.92 Å². The predicted octanol–water partition coefficient (Wildman–Crippen LogP) is 3.47. The van der Waals surface area contributed by atoms with Gasteiger partial charge in [-0.25, -0.2) is 0 Å². The van der Waals surface area contributed by atoms with E-state index in [1.54, 1.807) is 0 Å². The maximum Gasteiger partial charge on any atom is 0.112 e. The zero-order valence-corrected chi connectivity index (χ0v) is 8.42. The Morgan fingerprint density at radius 3 is 3.29 bits per heavy atom. The smallest absolute Gasteiger partial charge is 0.112 e. The highest BCUT2D eigenvalue weighted by Crippen LogP contribution is 2.43. The molecule has 1 heteroatoms. The monoisotopic (exact) mass is 186 g/mol. The summed E-state index contributed by atoms with van der Waals surface area (Å²) in [5.41, 5.74) is 2.76. The van der Waals surface area contributed by atoms with Crippen LogP contribution in [0.5, 0.6) is 0 Å². The summed E-state index contributed by atoms with van der Waals surface area (Å²) in [7, 11) is 0. The first-order valence-electron chi connectivity index (χ1n) is 5.30. The average molecular weight is 186 g/mol. The van der Waals surface area contributed by atoms with Crippen molar-refractivity contribution in [2.45, 2.75) is 26.2 Å². The summed E-state index contributed by atoms with van der Waals surface area (Å²) in [6, 6.07) is 0. The fourth-order valence-electron chi connectivity index (χ4n) is 2.41. The molecule has 1 nitrogen and oxygen atoms in total. The third-order valence-electron chi connectivity index (χ3n) is 3.16. The molecule has 3 rings (SSSR count). The van der Waals surface area contributed by atoms with Gasteiger partial charge in [-0.15, -0.1) is 0 Å². The standard InChI is InChI=1S/C13H14O/c1-9-6-7-11-10-4-2-3-5-12(10)14-13(11)8-9/h2,4,6,8,11H,3,5,7H2,1H3. The lowest BCUT2D eigenvalue weighted by Crippen LogP contribution is -2.04. The molecular formula is C13H14O. The lowest BCUT2D eigenvalue weighted by molar-refractivity contribution is 0.291. The van der Waals surface area contributed by atoms with E-state index in [2.05, 4.69) is 31.2 Å². The highest BCUT2D eigenvalue weighted by Gasteiger charge is 2.32. The molecule has 3 aliphatic rings. The topological polar surface area (TPSA) is 9.23 Å². The molecule has 72 valence electrons. The van der Waals surface area contributed by atoms with Crippen LogP contribution >= 0.6 is 0 Å². The van der Waals surface area contributed by atoms with Gasteiger partial charge in [0.15, 0.2) is 0 Å². The highest BCUT2D eigenvalue weighted by molar-refractivity contribution is 5.43. The largest absolute Gasteiger partial charge is 0.465 e. The first-order valence-corrected chi connectivity index (χ1v) is 5.30. The van der Waals surface area contributed by atoms with Gasteiger partial charge in [0, 0.05) is 17.9 Å². The minimum Gasteiger partial charge on any atom is -0.465 e. The molecule has 0 fully saturated rings. The molecule has 14 heavy (non-hydrogen) atoms. The molecule has 1 heterocycles. The molecule has 0 saturated carbocycles. The van der Waals surface area contributed by atoms with Crippen molar-refractivity contribution in [1.29, 1.82) is 0 Å². The van der Waals surface area contributed by atoms with E-state index in [4.69, 9.17) is 4.74 Å². The Morgan fingerprint density at radius 1 is 1.43 bits per heavy atom. The molecule has 0 saturated heterocycles. The van der Waals surface area contributed by atoms with E-state index in [-0.39, 0.29) is 0 Å². The summed E-state index contributed by atoms with van der Waals surface area (Å²) >= 11 is 0. The van der Waals surface area contributed by atoms with E-state index in [0.29, 0.717) is 5.92 Å². The molecule has 0 N–H and O–H groups in total. The van der Waals surface area contributed by atoms with Crippen LogP contribution < -0.4 is 0 Å². The Labute approximate surface area is 84.5 Å². The zero-order chi connectivity index (χ0) is 9.54. The van der Waals surface area contributed by atoms with E-state index in [0.717, 1.165) is 19.3 Å². The molecule has 0 amide bonds. The quantitative estimate of drug-likeness (QED) is 0.563. The van der Waals surface area contributed by atoms with E-state index >= 15 is 0 Å². The SMILES string of the molecule is CC1=CCC2C(=C1)OC1=C2C=CCC1.